The highest BCUT2D eigenvalue weighted by molar-refractivity contribution is 7.98. The molecule has 0 spiro atoms. The molecule has 1 rings (SSSR count). The number of carbonyl (C=O) groups excluding carboxylic acids is 1. The van der Waals surface area contributed by atoms with E-state index in [1.165, 1.54) is 0 Å². The maximum atomic E-state index is 12.3. The first-order valence-corrected chi connectivity index (χ1v) is 8.43. The monoisotopic (exact) mass is 310 g/mol. The Morgan fingerprint density at radius 3 is 2.45 bits per heavy atom. The molecule has 5 heteroatoms. The molecule has 0 aliphatic heterocycles. The van der Waals surface area contributed by atoms with Gasteiger partial charge in [-0.1, -0.05) is 43.4 Å². The van der Waals surface area contributed by atoms with E-state index in [0.717, 1.165) is 23.3 Å². The number of nitrogens with two attached hydrogens (primary N) is 1. The summed E-state index contributed by atoms with van der Waals surface area (Å²) in [7, 11) is 1.89. The molecule has 1 atom stereocenters. The van der Waals surface area contributed by atoms with Crippen LogP contribution in [-0.4, -0.2) is 40.9 Å². The summed E-state index contributed by atoms with van der Waals surface area (Å²) in [5.74, 6) is 1.12. The quantitative estimate of drug-likeness (QED) is 0.786. The van der Waals surface area contributed by atoms with Crippen LogP contribution >= 0.6 is 24.0 Å². The molecule has 0 aliphatic rings. The maximum Gasteiger partial charge on any atom is 0.227 e. The topological polar surface area (TPSA) is 46.3 Å². The Bertz CT molecular complexity index is 459. The van der Waals surface area contributed by atoms with Crippen LogP contribution in [0.15, 0.2) is 24.3 Å². The van der Waals surface area contributed by atoms with Gasteiger partial charge in [0.05, 0.1) is 6.42 Å². The van der Waals surface area contributed by atoms with E-state index in [9.17, 15) is 4.79 Å². The van der Waals surface area contributed by atoms with Gasteiger partial charge in [0.1, 0.15) is 4.99 Å². The molecule has 2 N–H and O–H groups in total. The molecule has 1 unspecified atom stereocenters. The van der Waals surface area contributed by atoms with Gasteiger partial charge in [0.25, 0.3) is 0 Å². The highest BCUT2D eigenvalue weighted by Gasteiger charge is 2.17. The standard InChI is InChI=1S/C15H22N2OS2/c1-4-13(10-20-3)17(2)14(18)9-11-5-7-12(8-6-11)15(16)19/h5-8,13H,4,9-10H2,1-3H3,(H2,16,19). The predicted molar refractivity (Wildman–Crippen MR) is 91.3 cm³/mol. The second-order valence-corrected chi connectivity index (χ2v) is 6.11. The van der Waals surface area contributed by atoms with Crippen molar-refractivity contribution in [3.8, 4) is 0 Å². The van der Waals surface area contributed by atoms with Gasteiger partial charge < -0.3 is 10.6 Å². The van der Waals surface area contributed by atoms with Gasteiger partial charge in [0, 0.05) is 24.4 Å². The largest absolute Gasteiger partial charge is 0.389 e. The number of nitrogens with zero attached hydrogens (tertiary/aromatic N) is 1. The lowest BCUT2D eigenvalue weighted by molar-refractivity contribution is -0.130. The third kappa shape index (κ3) is 4.80. The fraction of sp³-hybridized carbons (Fsp3) is 0.467. The molecule has 110 valence electrons. The van der Waals surface area contributed by atoms with Crippen LogP contribution in [0.4, 0.5) is 0 Å². The van der Waals surface area contributed by atoms with Crippen molar-refractivity contribution >= 4 is 34.9 Å². The van der Waals surface area contributed by atoms with E-state index >= 15 is 0 Å². The fourth-order valence-corrected chi connectivity index (χ4v) is 2.97. The number of hydrogen-bond donors (Lipinski definition) is 1. The van der Waals surface area contributed by atoms with Crippen molar-refractivity contribution in [2.24, 2.45) is 5.73 Å². The predicted octanol–water partition coefficient (Wildman–Crippen LogP) is 2.46. The summed E-state index contributed by atoms with van der Waals surface area (Å²) in [5.41, 5.74) is 7.38. The lowest BCUT2D eigenvalue weighted by Gasteiger charge is -2.27. The number of benzene rings is 1. The minimum absolute atomic E-state index is 0.147. The van der Waals surface area contributed by atoms with Gasteiger partial charge >= 0.3 is 0 Å². The number of amides is 1. The second kappa shape index (κ2) is 8.27. The minimum atomic E-state index is 0.147. The zero-order valence-corrected chi connectivity index (χ0v) is 13.9. The third-order valence-corrected chi connectivity index (χ3v) is 4.32. The van der Waals surface area contributed by atoms with Crippen molar-refractivity contribution < 1.29 is 4.79 Å². The third-order valence-electron chi connectivity index (χ3n) is 3.37. The molecule has 0 aromatic heterocycles. The van der Waals surface area contributed by atoms with E-state index in [1.807, 2.05) is 36.2 Å². The molecule has 0 radical (unpaired) electrons. The van der Waals surface area contributed by atoms with Crippen LogP contribution in [0.3, 0.4) is 0 Å². The van der Waals surface area contributed by atoms with Gasteiger partial charge in [-0.3, -0.25) is 4.79 Å². The Morgan fingerprint density at radius 1 is 1.40 bits per heavy atom. The summed E-state index contributed by atoms with van der Waals surface area (Å²) in [5, 5.41) is 0. The lowest BCUT2D eigenvalue weighted by Crippen LogP contribution is -2.39. The molecular weight excluding hydrogens is 288 g/mol. The van der Waals surface area contributed by atoms with Crippen molar-refractivity contribution in [2.75, 3.05) is 19.1 Å². The van der Waals surface area contributed by atoms with Gasteiger partial charge in [0.2, 0.25) is 5.91 Å². The van der Waals surface area contributed by atoms with Crippen molar-refractivity contribution in [3.63, 3.8) is 0 Å². The van der Waals surface area contributed by atoms with Crippen molar-refractivity contribution in [1.82, 2.24) is 4.90 Å². The van der Waals surface area contributed by atoms with Crippen LogP contribution < -0.4 is 5.73 Å². The van der Waals surface area contributed by atoms with Crippen molar-refractivity contribution in [1.29, 1.82) is 0 Å². The number of thioether (sulfide) groups is 1. The number of carbonyl (C=O) groups is 1. The lowest BCUT2D eigenvalue weighted by atomic mass is 10.1. The Morgan fingerprint density at radius 2 is 2.00 bits per heavy atom. The Balaban J connectivity index is 2.67. The Labute approximate surface area is 130 Å². The first-order valence-electron chi connectivity index (χ1n) is 6.62. The molecule has 0 bridgehead atoms. The first kappa shape index (κ1) is 17.0. The van der Waals surface area contributed by atoms with Gasteiger partial charge in [0.15, 0.2) is 0 Å². The number of thiocarbonyl (C=S) groups is 1. The Hall–Kier alpha value is -1.07. The zero-order valence-electron chi connectivity index (χ0n) is 12.3. The SMILES string of the molecule is CCC(CSC)N(C)C(=O)Cc1ccc(C(N)=S)cc1. The highest BCUT2D eigenvalue weighted by Crippen LogP contribution is 2.12. The molecule has 20 heavy (non-hydrogen) atoms. The summed E-state index contributed by atoms with van der Waals surface area (Å²) in [4.78, 5) is 14.5. The number of likely N-dealkylation sites (N-methyl/N-ethyl adjacent to an activating group) is 1. The van der Waals surface area contributed by atoms with Crippen LogP contribution in [0.2, 0.25) is 0 Å². The van der Waals surface area contributed by atoms with Gasteiger partial charge in [-0.15, -0.1) is 0 Å². The highest BCUT2D eigenvalue weighted by atomic mass is 32.2. The number of rotatable bonds is 7. The Kier molecular flexibility index (Phi) is 7.02. The smallest absolute Gasteiger partial charge is 0.227 e. The van der Waals surface area contributed by atoms with E-state index in [1.54, 1.807) is 11.8 Å². The molecule has 0 aliphatic carbocycles. The molecule has 0 saturated heterocycles. The van der Waals surface area contributed by atoms with Crippen LogP contribution in [0, 0.1) is 0 Å². The van der Waals surface area contributed by atoms with Crippen LogP contribution in [0.5, 0.6) is 0 Å². The normalized spacial score (nSPS) is 11.9. The van der Waals surface area contributed by atoms with Gasteiger partial charge in [-0.05, 0) is 18.2 Å². The summed E-state index contributed by atoms with van der Waals surface area (Å²) in [6, 6.07) is 7.85. The number of hydrogen-bond acceptors (Lipinski definition) is 3. The van der Waals surface area contributed by atoms with Crippen LogP contribution in [0.25, 0.3) is 0 Å². The zero-order chi connectivity index (χ0) is 15.1. The van der Waals surface area contributed by atoms with Crippen molar-refractivity contribution in [3.05, 3.63) is 35.4 Å². The van der Waals surface area contributed by atoms with E-state index in [-0.39, 0.29) is 5.91 Å². The van der Waals surface area contributed by atoms with Gasteiger partial charge in [-0.25, -0.2) is 0 Å². The minimum Gasteiger partial charge on any atom is -0.389 e. The molecule has 1 aromatic carbocycles. The fourth-order valence-electron chi connectivity index (χ4n) is 1.99. The van der Waals surface area contributed by atoms with Crippen molar-refractivity contribution in [2.45, 2.75) is 25.8 Å². The van der Waals surface area contributed by atoms with E-state index < -0.39 is 0 Å². The van der Waals surface area contributed by atoms with E-state index in [2.05, 4.69) is 13.2 Å². The summed E-state index contributed by atoms with van der Waals surface area (Å²) >= 11 is 6.68. The maximum absolute atomic E-state index is 12.3. The molecular formula is C15H22N2OS2. The average Bonchev–Trinajstić information content (AvgIpc) is 2.44. The summed E-state index contributed by atoms with van der Waals surface area (Å²) < 4.78 is 0. The molecule has 1 aromatic rings. The molecule has 0 fully saturated rings. The summed E-state index contributed by atoms with van der Waals surface area (Å²) in [6.07, 6.45) is 3.46. The van der Waals surface area contributed by atoms with E-state index in [0.29, 0.717) is 17.5 Å². The van der Waals surface area contributed by atoms with Crippen LogP contribution in [0.1, 0.15) is 24.5 Å². The second-order valence-electron chi connectivity index (χ2n) is 4.76. The molecule has 0 saturated carbocycles. The van der Waals surface area contributed by atoms with Crippen LogP contribution in [-0.2, 0) is 11.2 Å². The first-order chi connectivity index (χ1) is 9.49. The molecule has 1 amide bonds. The van der Waals surface area contributed by atoms with E-state index in [4.69, 9.17) is 18.0 Å². The average molecular weight is 310 g/mol. The molecule has 0 heterocycles. The molecule has 3 nitrogen and oxygen atoms in total. The summed E-state index contributed by atoms with van der Waals surface area (Å²) in [6.45, 7) is 2.11. The van der Waals surface area contributed by atoms with Gasteiger partial charge in [-0.2, -0.15) is 11.8 Å².